The van der Waals surface area contributed by atoms with Gasteiger partial charge in [-0.3, -0.25) is 4.90 Å². The molecule has 1 N–H and O–H groups in total. The molecule has 7 heteroatoms. The minimum absolute atomic E-state index is 0.0416. The van der Waals surface area contributed by atoms with E-state index >= 15 is 0 Å². The molecule has 4 rings (SSSR count). The van der Waals surface area contributed by atoms with Crippen LogP contribution < -0.4 is 9.62 Å². The second kappa shape index (κ2) is 7.44. The highest BCUT2D eigenvalue weighted by Gasteiger charge is 2.53. The number of hydrogen-bond donors (Lipinski definition) is 1. The van der Waals surface area contributed by atoms with Gasteiger partial charge in [-0.15, -0.1) is 11.3 Å². The lowest BCUT2D eigenvalue weighted by atomic mass is 9.98. The summed E-state index contributed by atoms with van der Waals surface area (Å²) in [5.74, 6) is 0. The largest absolute Gasteiger partial charge is 0.361 e. The van der Waals surface area contributed by atoms with Crippen molar-refractivity contribution in [1.82, 2.24) is 9.62 Å². The summed E-state index contributed by atoms with van der Waals surface area (Å²) in [4.78, 5) is 4.76. The number of nitrogens with one attached hydrogen (secondary N) is 1. The normalized spacial score (nSPS) is 26.0. The maximum Gasteiger partial charge on any atom is 0.250 e. The minimum atomic E-state index is -3.49. The zero-order valence-corrected chi connectivity index (χ0v) is 18.4. The van der Waals surface area contributed by atoms with Gasteiger partial charge in [-0.2, -0.15) is 0 Å². The first-order valence-corrected chi connectivity index (χ1v) is 12.3. The van der Waals surface area contributed by atoms with Gasteiger partial charge in [0.15, 0.2) is 0 Å². The third-order valence-corrected chi connectivity index (χ3v) is 9.27. The summed E-state index contributed by atoms with van der Waals surface area (Å²) in [5.41, 5.74) is 1.08. The molecule has 2 aliphatic rings. The number of benzene rings is 1. The van der Waals surface area contributed by atoms with Crippen LogP contribution in [0.1, 0.15) is 32.8 Å². The number of thiophene rings is 1. The smallest absolute Gasteiger partial charge is 0.250 e. The quantitative estimate of drug-likeness (QED) is 0.781. The van der Waals surface area contributed by atoms with Gasteiger partial charge in [0.05, 0.1) is 5.00 Å². The van der Waals surface area contributed by atoms with Gasteiger partial charge in [0.2, 0.25) is 10.0 Å². The average Bonchev–Trinajstić information content (AvgIpc) is 3.09. The minimum Gasteiger partial charge on any atom is -0.361 e. The van der Waals surface area contributed by atoms with E-state index < -0.39 is 10.0 Å². The van der Waals surface area contributed by atoms with Crippen molar-refractivity contribution in [2.45, 2.75) is 48.9 Å². The lowest BCUT2D eigenvalue weighted by molar-refractivity contribution is 0.210. The standard InChI is InChI=1S/C21H29N3O2S2/c1-16(2)23-11-13-24(14-12-23)19-9-10-20(27-19)28(25,26)22-18-15-21(18,3)17-7-5-4-6-8-17/h4-10,16,18,22H,11-15H2,1-3H3/t18-,21+/m0/s1. The van der Waals surface area contributed by atoms with Crippen LogP contribution in [-0.2, 0) is 15.4 Å². The first-order valence-electron chi connectivity index (χ1n) is 9.96. The first-order chi connectivity index (χ1) is 13.3. The highest BCUT2D eigenvalue weighted by molar-refractivity contribution is 7.91. The zero-order valence-electron chi connectivity index (χ0n) is 16.8. The molecule has 2 heterocycles. The van der Waals surface area contributed by atoms with Crippen molar-refractivity contribution >= 4 is 26.4 Å². The molecule has 2 atom stereocenters. The Morgan fingerprint density at radius 1 is 1.07 bits per heavy atom. The number of nitrogens with zero attached hydrogens (tertiary/aromatic N) is 2. The Morgan fingerprint density at radius 3 is 2.39 bits per heavy atom. The van der Waals surface area contributed by atoms with E-state index in [1.807, 2.05) is 24.3 Å². The van der Waals surface area contributed by atoms with Crippen molar-refractivity contribution in [1.29, 1.82) is 0 Å². The predicted molar refractivity (Wildman–Crippen MR) is 116 cm³/mol. The molecule has 0 spiro atoms. The molecular weight excluding hydrogens is 390 g/mol. The summed E-state index contributed by atoms with van der Waals surface area (Å²) >= 11 is 1.38. The molecular formula is C21H29N3O2S2. The van der Waals surface area contributed by atoms with E-state index in [1.54, 1.807) is 6.07 Å². The molecule has 1 aromatic heterocycles. The summed E-state index contributed by atoms with van der Waals surface area (Å²) in [6.45, 7) is 10.5. The van der Waals surface area contributed by atoms with Gasteiger partial charge in [0.1, 0.15) is 4.21 Å². The van der Waals surface area contributed by atoms with Crippen molar-refractivity contribution in [3.8, 4) is 0 Å². The maximum atomic E-state index is 12.9. The van der Waals surface area contributed by atoms with Crippen molar-refractivity contribution in [2.75, 3.05) is 31.1 Å². The molecule has 1 saturated carbocycles. The molecule has 0 unspecified atom stereocenters. The Morgan fingerprint density at radius 2 is 1.75 bits per heavy atom. The molecule has 152 valence electrons. The van der Waals surface area contributed by atoms with E-state index in [9.17, 15) is 8.42 Å². The van der Waals surface area contributed by atoms with E-state index in [2.05, 4.69) is 47.4 Å². The van der Waals surface area contributed by atoms with Gasteiger partial charge in [-0.25, -0.2) is 13.1 Å². The van der Waals surface area contributed by atoms with Crippen LogP contribution >= 0.6 is 11.3 Å². The van der Waals surface area contributed by atoms with Crippen LogP contribution in [0.3, 0.4) is 0 Å². The van der Waals surface area contributed by atoms with Gasteiger partial charge in [-0.05, 0) is 38.0 Å². The Bertz CT molecular complexity index is 918. The Labute approximate surface area is 172 Å². The topological polar surface area (TPSA) is 52.7 Å². The summed E-state index contributed by atoms with van der Waals surface area (Å²) in [6, 6.07) is 14.4. The van der Waals surface area contributed by atoms with Crippen LogP contribution in [0.15, 0.2) is 46.7 Å². The fraction of sp³-hybridized carbons (Fsp3) is 0.524. The van der Waals surface area contributed by atoms with Crippen molar-refractivity contribution in [2.24, 2.45) is 0 Å². The van der Waals surface area contributed by atoms with Crippen LogP contribution in [0, 0.1) is 0 Å². The molecule has 0 bridgehead atoms. The van der Waals surface area contributed by atoms with Gasteiger partial charge in [0.25, 0.3) is 0 Å². The third kappa shape index (κ3) is 3.85. The van der Waals surface area contributed by atoms with Crippen LogP contribution in [0.2, 0.25) is 0 Å². The third-order valence-electron chi connectivity index (χ3n) is 6.16. The summed E-state index contributed by atoms with van der Waals surface area (Å²) in [5, 5.41) is 1.05. The maximum absolute atomic E-state index is 12.9. The predicted octanol–water partition coefficient (Wildman–Crippen LogP) is 3.29. The van der Waals surface area contributed by atoms with Crippen LogP contribution in [-0.4, -0.2) is 51.6 Å². The second-order valence-corrected chi connectivity index (χ2v) is 11.4. The number of piperazine rings is 1. The molecule has 5 nitrogen and oxygen atoms in total. The molecule has 1 saturated heterocycles. The second-order valence-electron chi connectivity index (χ2n) is 8.37. The Kier molecular flexibility index (Phi) is 5.29. The van der Waals surface area contributed by atoms with E-state index in [0.717, 1.165) is 37.6 Å². The number of sulfonamides is 1. The molecule has 28 heavy (non-hydrogen) atoms. The molecule has 1 aromatic carbocycles. The Hall–Kier alpha value is -1.41. The number of anilines is 1. The first kappa shape index (κ1) is 19.9. The lowest BCUT2D eigenvalue weighted by Gasteiger charge is -2.37. The van der Waals surface area contributed by atoms with Crippen LogP contribution in [0.4, 0.5) is 5.00 Å². The van der Waals surface area contributed by atoms with E-state index in [0.29, 0.717) is 10.3 Å². The molecule has 2 fully saturated rings. The van der Waals surface area contributed by atoms with Crippen molar-refractivity contribution in [3.05, 3.63) is 48.0 Å². The molecule has 1 aliphatic heterocycles. The molecule has 0 radical (unpaired) electrons. The van der Waals surface area contributed by atoms with E-state index in [4.69, 9.17) is 0 Å². The number of rotatable bonds is 6. The van der Waals surface area contributed by atoms with E-state index in [1.165, 1.54) is 16.9 Å². The molecule has 2 aromatic rings. The highest BCUT2D eigenvalue weighted by Crippen LogP contribution is 2.48. The monoisotopic (exact) mass is 419 g/mol. The average molecular weight is 420 g/mol. The molecule has 0 amide bonds. The van der Waals surface area contributed by atoms with Crippen molar-refractivity contribution in [3.63, 3.8) is 0 Å². The molecule has 1 aliphatic carbocycles. The van der Waals surface area contributed by atoms with Crippen LogP contribution in [0.25, 0.3) is 0 Å². The van der Waals surface area contributed by atoms with Gasteiger partial charge in [0, 0.05) is 43.7 Å². The Balaban J connectivity index is 1.41. The van der Waals surface area contributed by atoms with Gasteiger partial charge >= 0.3 is 0 Å². The van der Waals surface area contributed by atoms with Gasteiger partial charge < -0.3 is 4.90 Å². The van der Waals surface area contributed by atoms with Gasteiger partial charge in [-0.1, -0.05) is 37.3 Å². The van der Waals surface area contributed by atoms with E-state index in [-0.39, 0.29) is 11.5 Å². The zero-order chi connectivity index (χ0) is 19.9. The fourth-order valence-electron chi connectivity index (χ4n) is 4.00. The highest BCUT2D eigenvalue weighted by atomic mass is 32.2. The summed E-state index contributed by atoms with van der Waals surface area (Å²) in [6.07, 6.45) is 0.839. The summed E-state index contributed by atoms with van der Waals surface area (Å²) < 4.78 is 29.2. The lowest BCUT2D eigenvalue weighted by Crippen LogP contribution is -2.48. The van der Waals surface area contributed by atoms with Crippen LogP contribution in [0.5, 0.6) is 0 Å². The fourth-order valence-corrected chi connectivity index (χ4v) is 6.71. The van der Waals surface area contributed by atoms with Crippen molar-refractivity contribution < 1.29 is 8.42 Å². The number of hydrogen-bond acceptors (Lipinski definition) is 5. The summed E-state index contributed by atoms with van der Waals surface area (Å²) in [7, 11) is -3.49. The SMILES string of the molecule is CC(C)N1CCN(c2ccc(S(=O)(=O)N[C@H]3C[C@]3(C)c3ccccc3)s2)CC1.